The molecule has 3 heterocycles. The van der Waals surface area contributed by atoms with Gasteiger partial charge >= 0.3 is 0 Å². The molecule has 8 heteroatoms. The second-order valence-electron chi connectivity index (χ2n) is 8.85. The molecule has 1 spiro atoms. The maximum Gasteiger partial charge on any atom is 0.292 e. The highest BCUT2D eigenvalue weighted by Gasteiger charge is 2.38. The minimum absolute atomic E-state index is 0.126. The van der Waals surface area contributed by atoms with Crippen molar-refractivity contribution < 1.29 is 18.8 Å². The summed E-state index contributed by atoms with van der Waals surface area (Å²) in [6, 6.07) is 6.87. The zero-order valence-electron chi connectivity index (χ0n) is 18.5. The molecule has 1 saturated heterocycles. The van der Waals surface area contributed by atoms with Crippen molar-refractivity contribution >= 4 is 23.4 Å². The maximum atomic E-state index is 13.1. The molecular formula is C24H30ClN3O4. The Bertz CT molecular complexity index is 976. The van der Waals surface area contributed by atoms with E-state index in [0.29, 0.717) is 42.6 Å². The number of carbonyl (C=O) groups is 2. The van der Waals surface area contributed by atoms with Gasteiger partial charge in [-0.25, -0.2) is 0 Å². The third-order valence-electron chi connectivity index (χ3n) is 6.50. The number of rotatable bonds is 2. The minimum Gasteiger partial charge on any atom is -0.493 e. The first-order valence-electron chi connectivity index (χ1n) is 11.5. The van der Waals surface area contributed by atoms with Crippen LogP contribution in [0.4, 0.5) is 0 Å². The topological polar surface area (TPSA) is 84.7 Å². The molecule has 0 saturated carbocycles. The number of hydrogen-bond donors (Lipinski definition) is 1. The number of carbonyl (C=O) groups excluding carboxylic acids is 2. The molecule has 0 radical (unpaired) electrons. The number of nitrogens with zero attached hydrogens (tertiary/aromatic N) is 2. The minimum atomic E-state index is -0.200. The lowest BCUT2D eigenvalue weighted by Gasteiger charge is -2.43. The number of fused-ring (bicyclic) bond motifs is 1. The van der Waals surface area contributed by atoms with E-state index in [1.165, 1.54) is 0 Å². The monoisotopic (exact) mass is 459 g/mol. The van der Waals surface area contributed by atoms with Gasteiger partial charge in [0.25, 0.3) is 11.8 Å². The van der Waals surface area contributed by atoms with E-state index in [0.717, 1.165) is 50.6 Å². The van der Waals surface area contributed by atoms with Gasteiger partial charge in [-0.2, -0.15) is 0 Å². The van der Waals surface area contributed by atoms with Crippen molar-refractivity contribution in [3.63, 3.8) is 0 Å². The number of ether oxygens (including phenoxy) is 1. The van der Waals surface area contributed by atoms with Gasteiger partial charge in [0.15, 0.2) is 0 Å². The predicted molar refractivity (Wildman–Crippen MR) is 121 cm³/mol. The van der Waals surface area contributed by atoms with E-state index in [9.17, 15) is 9.59 Å². The Morgan fingerprint density at radius 2 is 2.06 bits per heavy atom. The second kappa shape index (κ2) is 9.94. The van der Waals surface area contributed by atoms with Crippen LogP contribution in [0, 0.1) is 5.41 Å². The molecule has 1 aromatic heterocycles. The van der Waals surface area contributed by atoms with Gasteiger partial charge in [0.05, 0.1) is 17.9 Å². The fourth-order valence-electron chi connectivity index (χ4n) is 4.68. The summed E-state index contributed by atoms with van der Waals surface area (Å²) in [6.07, 6.45) is 6.50. The van der Waals surface area contributed by atoms with Crippen LogP contribution in [0.2, 0.25) is 5.02 Å². The zero-order valence-corrected chi connectivity index (χ0v) is 19.2. The summed E-state index contributed by atoms with van der Waals surface area (Å²) < 4.78 is 11.1. The van der Waals surface area contributed by atoms with Crippen LogP contribution in [-0.2, 0) is 6.42 Å². The molecule has 1 aromatic carbocycles. The van der Waals surface area contributed by atoms with Crippen molar-refractivity contribution in [2.75, 3.05) is 26.2 Å². The maximum absolute atomic E-state index is 13.1. The molecule has 0 bridgehead atoms. The van der Waals surface area contributed by atoms with Crippen LogP contribution in [0.15, 0.2) is 28.8 Å². The van der Waals surface area contributed by atoms with Crippen molar-refractivity contribution in [1.82, 2.24) is 15.4 Å². The molecule has 1 atom stereocenters. The number of halogens is 1. The number of piperidine rings is 1. The third kappa shape index (κ3) is 5.09. The highest BCUT2D eigenvalue weighted by Crippen LogP contribution is 2.36. The van der Waals surface area contributed by atoms with Crippen molar-refractivity contribution in [2.24, 2.45) is 5.41 Å². The van der Waals surface area contributed by atoms with Crippen LogP contribution in [0.3, 0.4) is 0 Å². The van der Waals surface area contributed by atoms with Gasteiger partial charge in [-0.05, 0) is 50.3 Å². The van der Waals surface area contributed by atoms with Gasteiger partial charge in [0.1, 0.15) is 5.75 Å². The van der Waals surface area contributed by atoms with E-state index >= 15 is 0 Å². The number of hydrogen-bond acceptors (Lipinski definition) is 5. The predicted octanol–water partition coefficient (Wildman–Crippen LogP) is 4.50. The molecule has 2 amide bonds. The van der Waals surface area contributed by atoms with E-state index in [1.807, 2.05) is 11.8 Å². The molecule has 0 aliphatic carbocycles. The average molecular weight is 460 g/mol. The third-order valence-corrected chi connectivity index (χ3v) is 6.73. The molecule has 1 fully saturated rings. The Morgan fingerprint density at radius 1 is 1.22 bits per heavy atom. The quantitative estimate of drug-likeness (QED) is 0.714. The van der Waals surface area contributed by atoms with Crippen LogP contribution in [0.1, 0.15) is 72.1 Å². The van der Waals surface area contributed by atoms with E-state index < -0.39 is 0 Å². The van der Waals surface area contributed by atoms with Crippen molar-refractivity contribution in [2.45, 2.75) is 51.9 Å². The average Bonchev–Trinajstić information content (AvgIpc) is 3.29. The summed E-state index contributed by atoms with van der Waals surface area (Å²) in [5.74, 6) is 0.517. The number of aromatic nitrogens is 1. The summed E-state index contributed by atoms with van der Waals surface area (Å²) in [6.45, 7) is 4.31. The van der Waals surface area contributed by atoms with Crippen molar-refractivity contribution in [1.29, 1.82) is 0 Å². The SMILES string of the molecule is CCc1cc(C(=O)N2CCCC3(CCCCCOc4ccc(Cl)cc4C(=O)NC3)C2)on1. The summed E-state index contributed by atoms with van der Waals surface area (Å²) >= 11 is 6.14. The Balaban J connectivity index is 1.53. The molecular weight excluding hydrogens is 430 g/mol. The summed E-state index contributed by atoms with van der Waals surface area (Å²) in [7, 11) is 0. The number of aryl methyl sites for hydroxylation is 1. The van der Waals surface area contributed by atoms with Crippen LogP contribution in [0.25, 0.3) is 0 Å². The molecule has 1 N–H and O–H groups in total. The van der Waals surface area contributed by atoms with Crippen LogP contribution < -0.4 is 10.1 Å². The first-order chi connectivity index (χ1) is 15.5. The number of likely N-dealkylation sites (tertiary alicyclic amines) is 1. The molecule has 172 valence electrons. The Kier molecular flexibility index (Phi) is 7.04. The summed E-state index contributed by atoms with van der Waals surface area (Å²) in [4.78, 5) is 27.9. The van der Waals surface area contributed by atoms with E-state index in [-0.39, 0.29) is 23.0 Å². The first-order valence-corrected chi connectivity index (χ1v) is 11.8. The molecule has 2 aliphatic rings. The summed E-state index contributed by atoms with van der Waals surface area (Å²) in [5, 5.41) is 7.56. The normalized spacial score (nSPS) is 22.3. The van der Waals surface area contributed by atoms with Gasteiger partial charge in [0.2, 0.25) is 5.76 Å². The lowest BCUT2D eigenvalue weighted by molar-refractivity contribution is 0.0435. The first kappa shape index (κ1) is 22.6. The molecule has 2 aliphatic heterocycles. The highest BCUT2D eigenvalue weighted by molar-refractivity contribution is 6.31. The largest absolute Gasteiger partial charge is 0.493 e. The highest BCUT2D eigenvalue weighted by atomic mass is 35.5. The lowest BCUT2D eigenvalue weighted by atomic mass is 9.75. The number of amides is 2. The van der Waals surface area contributed by atoms with Crippen LogP contribution >= 0.6 is 11.6 Å². The standard InChI is InChI=1S/C24H30ClN3O4/c1-2-18-14-21(32-27-18)23(30)28-11-6-10-24(16-28)9-4-3-5-12-31-20-8-7-17(25)13-19(20)22(29)26-15-24/h7-8,13-14H,2-6,9-12,15-16H2,1H3,(H,26,29). The van der Waals surface area contributed by atoms with Gasteiger partial charge < -0.3 is 19.5 Å². The number of benzene rings is 1. The summed E-state index contributed by atoms with van der Waals surface area (Å²) in [5.41, 5.74) is 1.05. The van der Waals surface area contributed by atoms with Gasteiger partial charge in [-0.15, -0.1) is 0 Å². The zero-order chi connectivity index (χ0) is 22.6. The van der Waals surface area contributed by atoms with Crippen LogP contribution in [0.5, 0.6) is 5.75 Å². The Morgan fingerprint density at radius 3 is 2.88 bits per heavy atom. The van der Waals surface area contributed by atoms with E-state index in [4.69, 9.17) is 20.9 Å². The molecule has 7 nitrogen and oxygen atoms in total. The molecule has 2 aromatic rings. The Hall–Kier alpha value is -2.54. The van der Waals surface area contributed by atoms with Gasteiger partial charge in [0, 0.05) is 36.1 Å². The molecule has 4 rings (SSSR count). The lowest BCUT2D eigenvalue weighted by Crippen LogP contribution is -2.51. The molecule has 32 heavy (non-hydrogen) atoms. The van der Waals surface area contributed by atoms with E-state index in [2.05, 4.69) is 10.5 Å². The van der Waals surface area contributed by atoms with Gasteiger partial charge in [-0.1, -0.05) is 36.5 Å². The van der Waals surface area contributed by atoms with Crippen molar-refractivity contribution in [3.05, 3.63) is 46.3 Å². The van der Waals surface area contributed by atoms with Crippen molar-refractivity contribution in [3.8, 4) is 5.75 Å². The second-order valence-corrected chi connectivity index (χ2v) is 9.29. The molecule has 1 unspecified atom stereocenters. The fraction of sp³-hybridized carbons (Fsp3) is 0.542. The number of nitrogens with one attached hydrogen (secondary N) is 1. The smallest absolute Gasteiger partial charge is 0.292 e. The fourth-order valence-corrected chi connectivity index (χ4v) is 4.85. The van der Waals surface area contributed by atoms with Crippen LogP contribution in [-0.4, -0.2) is 48.1 Å². The Labute approximate surface area is 193 Å². The van der Waals surface area contributed by atoms with E-state index in [1.54, 1.807) is 24.3 Å². The van der Waals surface area contributed by atoms with Gasteiger partial charge in [-0.3, -0.25) is 9.59 Å².